The SMILES string of the molecule is C#CCCCCNC(=O)Nc1ccc(SC2O[C@H](CCPO)C[C@H](O)[C@@H]2O)cc1. The first-order valence-electron chi connectivity index (χ1n) is 9.67. The molecular weight excluding hydrogens is 411 g/mol. The molecule has 1 aromatic carbocycles. The fraction of sp³-hybridized carbons (Fsp3) is 0.550. The molecular formula is C20H29N2O5PS. The van der Waals surface area contributed by atoms with Crippen LogP contribution < -0.4 is 10.6 Å². The summed E-state index contributed by atoms with van der Waals surface area (Å²) in [6.45, 7) is 0.568. The van der Waals surface area contributed by atoms with Crippen molar-refractivity contribution in [3.8, 4) is 12.3 Å². The third-order valence-corrected chi connectivity index (χ3v) is 6.16. The Kier molecular flexibility index (Phi) is 10.8. The Hall–Kier alpha value is -1.33. The van der Waals surface area contributed by atoms with E-state index in [1.54, 1.807) is 12.1 Å². The predicted octanol–water partition coefficient (Wildman–Crippen LogP) is 2.52. The molecule has 1 aliphatic heterocycles. The van der Waals surface area contributed by atoms with E-state index in [4.69, 9.17) is 16.1 Å². The molecule has 0 aromatic heterocycles. The molecule has 2 rings (SSSR count). The fourth-order valence-electron chi connectivity index (χ4n) is 2.91. The molecule has 2 unspecified atom stereocenters. The van der Waals surface area contributed by atoms with Gasteiger partial charge in [-0.15, -0.1) is 12.3 Å². The number of carbonyl (C=O) groups excluding carboxylic acids is 1. The molecule has 5 atom stereocenters. The average molecular weight is 441 g/mol. The van der Waals surface area contributed by atoms with Crippen molar-refractivity contribution in [1.29, 1.82) is 0 Å². The van der Waals surface area contributed by atoms with Crippen LogP contribution in [-0.4, -0.2) is 57.6 Å². The minimum Gasteiger partial charge on any atom is -0.390 e. The molecule has 0 spiro atoms. The second kappa shape index (κ2) is 13.1. The smallest absolute Gasteiger partial charge is 0.319 e. The van der Waals surface area contributed by atoms with Crippen molar-refractivity contribution in [2.24, 2.45) is 0 Å². The van der Waals surface area contributed by atoms with E-state index in [1.165, 1.54) is 11.8 Å². The molecule has 0 radical (unpaired) electrons. The molecule has 160 valence electrons. The molecule has 1 heterocycles. The average Bonchev–Trinajstić information content (AvgIpc) is 2.71. The highest BCUT2D eigenvalue weighted by Gasteiger charge is 2.37. The van der Waals surface area contributed by atoms with E-state index in [1.807, 2.05) is 12.1 Å². The monoisotopic (exact) mass is 440 g/mol. The molecule has 9 heteroatoms. The van der Waals surface area contributed by atoms with Crippen LogP contribution in [-0.2, 0) is 4.74 Å². The third kappa shape index (κ3) is 8.51. The molecule has 1 fully saturated rings. The maximum absolute atomic E-state index is 11.9. The highest BCUT2D eigenvalue weighted by atomic mass is 32.2. The summed E-state index contributed by atoms with van der Waals surface area (Å²) in [4.78, 5) is 21.7. The lowest BCUT2D eigenvalue weighted by atomic mass is 10.0. The number of urea groups is 1. The normalized spacial score (nSPS) is 24.3. The van der Waals surface area contributed by atoms with Gasteiger partial charge in [0.1, 0.15) is 11.5 Å². The maximum Gasteiger partial charge on any atom is 0.319 e. The van der Waals surface area contributed by atoms with Gasteiger partial charge in [-0.05, 0) is 49.7 Å². The van der Waals surface area contributed by atoms with Gasteiger partial charge in [0.25, 0.3) is 0 Å². The van der Waals surface area contributed by atoms with E-state index >= 15 is 0 Å². The molecule has 1 saturated heterocycles. The summed E-state index contributed by atoms with van der Waals surface area (Å²) in [7, 11) is -0.149. The number of rotatable bonds is 10. The Labute approximate surface area is 177 Å². The molecule has 5 N–H and O–H groups in total. The second-order valence-electron chi connectivity index (χ2n) is 6.80. The van der Waals surface area contributed by atoms with E-state index in [0.29, 0.717) is 37.7 Å². The Bertz CT molecular complexity index is 670. The topological polar surface area (TPSA) is 111 Å². The number of aliphatic hydroxyl groups excluding tert-OH is 2. The second-order valence-corrected chi connectivity index (χ2v) is 8.79. The van der Waals surface area contributed by atoms with E-state index in [2.05, 4.69) is 16.6 Å². The van der Waals surface area contributed by atoms with E-state index in [-0.39, 0.29) is 20.9 Å². The van der Waals surface area contributed by atoms with Crippen LogP contribution >= 0.6 is 20.6 Å². The predicted molar refractivity (Wildman–Crippen MR) is 117 cm³/mol. The van der Waals surface area contributed by atoms with Crippen LogP contribution in [0.2, 0.25) is 0 Å². The van der Waals surface area contributed by atoms with Crippen LogP contribution in [0.5, 0.6) is 0 Å². The molecule has 7 nitrogen and oxygen atoms in total. The summed E-state index contributed by atoms with van der Waals surface area (Å²) < 4.78 is 5.90. The maximum atomic E-state index is 11.9. The minimum atomic E-state index is -0.981. The molecule has 0 saturated carbocycles. The Morgan fingerprint density at radius 3 is 2.76 bits per heavy atom. The van der Waals surface area contributed by atoms with Crippen molar-refractivity contribution in [3.05, 3.63) is 24.3 Å². The lowest BCUT2D eigenvalue weighted by Crippen LogP contribution is -2.46. The van der Waals surface area contributed by atoms with E-state index in [0.717, 1.165) is 17.7 Å². The zero-order chi connectivity index (χ0) is 21.1. The highest BCUT2D eigenvalue weighted by molar-refractivity contribution is 7.99. The quantitative estimate of drug-likeness (QED) is 0.217. The zero-order valence-corrected chi connectivity index (χ0v) is 18.0. The molecule has 29 heavy (non-hydrogen) atoms. The van der Waals surface area contributed by atoms with Gasteiger partial charge in [-0.1, -0.05) is 11.8 Å². The van der Waals surface area contributed by atoms with Crippen LogP contribution in [0.4, 0.5) is 10.5 Å². The number of thioether (sulfide) groups is 1. The van der Waals surface area contributed by atoms with Crippen LogP contribution in [0.1, 0.15) is 32.1 Å². The number of terminal acetylenes is 1. The summed E-state index contributed by atoms with van der Waals surface area (Å²) in [6, 6.07) is 6.93. The number of hydrogen-bond acceptors (Lipinski definition) is 6. The number of unbranched alkanes of at least 4 members (excludes halogenated alkanes) is 2. The zero-order valence-electron chi connectivity index (χ0n) is 16.2. The van der Waals surface area contributed by atoms with E-state index in [9.17, 15) is 15.0 Å². The number of benzene rings is 1. The van der Waals surface area contributed by atoms with Gasteiger partial charge in [-0.2, -0.15) is 0 Å². The summed E-state index contributed by atoms with van der Waals surface area (Å²) in [5.74, 6) is 2.57. The first-order chi connectivity index (χ1) is 14.0. The number of hydrogen-bond donors (Lipinski definition) is 5. The van der Waals surface area contributed by atoms with Gasteiger partial charge in [0.2, 0.25) is 0 Å². The van der Waals surface area contributed by atoms with Crippen molar-refractivity contribution in [3.63, 3.8) is 0 Å². The largest absolute Gasteiger partial charge is 0.390 e. The van der Waals surface area contributed by atoms with Crippen molar-refractivity contribution >= 4 is 32.3 Å². The molecule has 0 bridgehead atoms. The van der Waals surface area contributed by atoms with Gasteiger partial charge in [0.15, 0.2) is 0 Å². The van der Waals surface area contributed by atoms with Gasteiger partial charge < -0.3 is 30.5 Å². The van der Waals surface area contributed by atoms with Crippen LogP contribution in [0, 0.1) is 12.3 Å². The lowest BCUT2D eigenvalue weighted by Gasteiger charge is -2.36. The Morgan fingerprint density at radius 1 is 1.31 bits per heavy atom. The van der Waals surface area contributed by atoms with Gasteiger partial charge in [0.05, 0.1) is 12.2 Å². The minimum absolute atomic E-state index is 0.149. The van der Waals surface area contributed by atoms with E-state index < -0.39 is 17.6 Å². The van der Waals surface area contributed by atoms with Crippen molar-refractivity contribution in [2.45, 2.75) is 60.7 Å². The highest BCUT2D eigenvalue weighted by Crippen LogP contribution is 2.34. The van der Waals surface area contributed by atoms with Gasteiger partial charge >= 0.3 is 6.03 Å². The standard InChI is InChI=1S/C20H29N2O5PS/c1-2-3-4-5-11-21-20(25)22-14-6-8-16(9-7-14)29-19-18(24)17(23)13-15(27-19)10-12-28-26/h1,6-9,15,17-19,23-24,26,28H,3-5,10-13H2,(H2,21,22,25)/t15-,17+,18+,19?/m1/s1. The Morgan fingerprint density at radius 2 is 2.07 bits per heavy atom. The number of amides is 2. The van der Waals surface area contributed by atoms with Crippen LogP contribution in [0.3, 0.4) is 0 Å². The lowest BCUT2D eigenvalue weighted by molar-refractivity contribution is -0.135. The number of carbonyl (C=O) groups is 1. The Balaban J connectivity index is 1.81. The first kappa shape index (κ1) is 23.9. The molecule has 1 aromatic rings. The van der Waals surface area contributed by atoms with Crippen molar-refractivity contribution < 1.29 is 24.6 Å². The summed E-state index contributed by atoms with van der Waals surface area (Å²) in [5, 5.41) is 25.9. The number of aliphatic hydroxyl groups is 2. The summed E-state index contributed by atoms with van der Waals surface area (Å²) >= 11 is 1.33. The van der Waals surface area contributed by atoms with Gasteiger partial charge in [-0.3, -0.25) is 0 Å². The van der Waals surface area contributed by atoms with Crippen molar-refractivity contribution in [1.82, 2.24) is 5.32 Å². The van der Waals surface area contributed by atoms with Crippen LogP contribution in [0.25, 0.3) is 0 Å². The van der Waals surface area contributed by atoms with Crippen LogP contribution in [0.15, 0.2) is 29.2 Å². The van der Waals surface area contributed by atoms with Gasteiger partial charge in [0, 0.05) is 38.8 Å². The van der Waals surface area contributed by atoms with Crippen molar-refractivity contribution in [2.75, 3.05) is 18.0 Å². The summed E-state index contributed by atoms with van der Waals surface area (Å²) in [5.41, 5.74) is 0.0679. The summed E-state index contributed by atoms with van der Waals surface area (Å²) in [6.07, 6.45) is 7.24. The number of anilines is 1. The fourth-order valence-corrected chi connectivity index (χ4v) is 4.45. The first-order valence-corrected chi connectivity index (χ1v) is 11.7. The third-order valence-electron chi connectivity index (χ3n) is 4.48. The number of nitrogens with one attached hydrogen (secondary N) is 2. The van der Waals surface area contributed by atoms with Gasteiger partial charge in [-0.25, -0.2) is 4.79 Å². The molecule has 0 aliphatic carbocycles. The molecule has 2 amide bonds. The number of ether oxygens (including phenoxy) is 1. The molecule has 1 aliphatic rings.